The van der Waals surface area contributed by atoms with Gasteiger partial charge in [-0.05, 0) is 30.7 Å². The van der Waals surface area contributed by atoms with Crippen molar-refractivity contribution in [3.63, 3.8) is 0 Å². The average Bonchev–Trinajstić information content (AvgIpc) is 3.01. The molecular weight excluding hydrogens is 423 g/mol. The Bertz CT molecular complexity index is 1030. The minimum atomic E-state index is -3.16. The minimum Gasteiger partial charge on any atom is -0.451 e. The lowest BCUT2D eigenvalue weighted by molar-refractivity contribution is 0.249. The van der Waals surface area contributed by atoms with Crippen molar-refractivity contribution in [2.24, 2.45) is 0 Å². The second-order valence-corrected chi connectivity index (χ2v) is 8.45. The lowest BCUT2D eigenvalue weighted by Crippen LogP contribution is -2.38. The number of benzene rings is 2. The fraction of sp³-hybridized carbons (Fsp3) is 0.235. The molecule has 2 aromatic carbocycles. The molecule has 0 bridgehead atoms. The zero-order valence-corrected chi connectivity index (χ0v) is 15.3. The van der Waals surface area contributed by atoms with Crippen LogP contribution >= 0.6 is 0 Å². The molecule has 156 valence electrons. The second kappa shape index (κ2) is 7.85. The number of hydrogen-bond acceptors (Lipinski definition) is 4. The zero-order valence-electron chi connectivity index (χ0n) is 14.4. The lowest BCUT2D eigenvalue weighted by atomic mass is 10.2. The van der Waals surface area contributed by atoms with Crippen molar-refractivity contribution >= 4 is 21.6 Å². The van der Waals surface area contributed by atoms with E-state index in [1.807, 2.05) is 0 Å². The summed E-state index contributed by atoms with van der Waals surface area (Å²) in [6.45, 7) is 0. The molecule has 29 heavy (non-hydrogen) atoms. The van der Waals surface area contributed by atoms with Gasteiger partial charge in [0, 0.05) is 11.7 Å². The van der Waals surface area contributed by atoms with Gasteiger partial charge in [0.1, 0.15) is 5.75 Å². The largest absolute Gasteiger partial charge is 0.451 e. The van der Waals surface area contributed by atoms with Crippen molar-refractivity contribution in [2.45, 2.75) is 12.5 Å². The van der Waals surface area contributed by atoms with Gasteiger partial charge < -0.3 is 15.4 Å². The number of hydrogen-bond donors (Lipinski definition) is 2. The number of ether oxygens (including phenoxy) is 1. The van der Waals surface area contributed by atoms with E-state index in [-0.39, 0.29) is 22.9 Å². The van der Waals surface area contributed by atoms with Crippen LogP contribution in [-0.2, 0) is 9.84 Å². The second-order valence-electron chi connectivity index (χ2n) is 6.22. The van der Waals surface area contributed by atoms with Crippen LogP contribution in [0.15, 0.2) is 24.3 Å². The van der Waals surface area contributed by atoms with E-state index in [0.717, 1.165) is 12.1 Å². The Morgan fingerprint density at radius 3 is 2.00 bits per heavy atom. The first-order chi connectivity index (χ1) is 13.6. The van der Waals surface area contributed by atoms with Crippen molar-refractivity contribution < 1.29 is 39.9 Å². The summed E-state index contributed by atoms with van der Waals surface area (Å²) < 4.78 is 94.2. The van der Waals surface area contributed by atoms with Crippen LogP contribution in [0.25, 0.3) is 0 Å². The number of urea groups is 1. The molecule has 1 saturated heterocycles. The summed E-state index contributed by atoms with van der Waals surface area (Å²) in [4.78, 5) is 11.9. The van der Waals surface area contributed by atoms with Gasteiger partial charge in [-0.2, -0.15) is 8.78 Å². The van der Waals surface area contributed by atoms with Gasteiger partial charge in [-0.25, -0.2) is 26.4 Å². The highest BCUT2D eigenvalue weighted by Crippen LogP contribution is 2.33. The van der Waals surface area contributed by atoms with Crippen LogP contribution in [0.2, 0.25) is 0 Å². The summed E-state index contributed by atoms with van der Waals surface area (Å²) in [7, 11) is -3.16. The van der Waals surface area contributed by atoms with Crippen LogP contribution in [-0.4, -0.2) is 32.0 Å². The standard InChI is InChI=1S/C17H13F5N2O4S/c18-11-12(19)14(21)16(15(22)13(11)20)28-10-3-1-8(2-4-10)23-17(25)24-9-5-6-29(26,27)7-9/h1-4,9H,5-7H2,(H2,23,24,25)/t9-/m1/s1. The number of carbonyl (C=O) groups is 1. The van der Waals surface area contributed by atoms with Gasteiger partial charge in [-0.15, -0.1) is 0 Å². The Hall–Kier alpha value is -2.89. The summed E-state index contributed by atoms with van der Waals surface area (Å²) >= 11 is 0. The normalized spacial score (nSPS) is 17.8. The molecule has 2 N–H and O–H groups in total. The summed E-state index contributed by atoms with van der Waals surface area (Å²) in [6, 6.07) is 3.59. The Kier molecular flexibility index (Phi) is 5.64. The summed E-state index contributed by atoms with van der Waals surface area (Å²) in [6.07, 6.45) is 0.296. The lowest BCUT2D eigenvalue weighted by Gasteiger charge is -2.13. The third-order valence-electron chi connectivity index (χ3n) is 4.07. The maximum absolute atomic E-state index is 13.6. The van der Waals surface area contributed by atoms with Crippen LogP contribution < -0.4 is 15.4 Å². The van der Waals surface area contributed by atoms with E-state index in [9.17, 15) is 35.2 Å². The number of halogens is 5. The third kappa shape index (κ3) is 4.58. The van der Waals surface area contributed by atoms with E-state index in [4.69, 9.17) is 4.74 Å². The van der Waals surface area contributed by atoms with Crippen molar-refractivity contribution in [1.29, 1.82) is 0 Å². The van der Waals surface area contributed by atoms with E-state index in [0.29, 0.717) is 6.42 Å². The molecule has 0 aromatic heterocycles. The fourth-order valence-electron chi connectivity index (χ4n) is 2.66. The molecule has 12 heteroatoms. The van der Waals surface area contributed by atoms with Gasteiger partial charge in [-0.1, -0.05) is 0 Å². The third-order valence-corrected chi connectivity index (χ3v) is 5.84. The number of nitrogens with one attached hydrogen (secondary N) is 2. The number of amides is 2. The maximum Gasteiger partial charge on any atom is 0.319 e. The Morgan fingerprint density at radius 1 is 0.931 bits per heavy atom. The molecule has 0 radical (unpaired) electrons. The molecule has 0 spiro atoms. The van der Waals surface area contributed by atoms with Crippen molar-refractivity contribution in [3.05, 3.63) is 53.4 Å². The van der Waals surface area contributed by atoms with E-state index in [1.165, 1.54) is 12.1 Å². The van der Waals surface area contributed by atoms with E-state index < -0.39 is 56.7 Å². The average molecular weight is 436 g/mol. The molecule has 2 amide bonds. The van der Waals surface area contributed by atoms with Crippen LogP contribution in [0.3, 0.4) is 0 Å². The van der Waals surface area contributed by atoms with Crippen LogP contribution in [0, 0.1) is 29.1 Å². The minimum absolute atomic E-state index is 0.0122. The Balaban J connectivity index is 1.66. The van der Waals surface area contributed by atoms with Gasteiger partial charge in [0.15, 0.2) is 9.84 Å². The molecule has 1 heterocycles. The number of carbonyl (C=O) groups excluding carboxylic acids is 1. The molecule has 6 nitrogen and oxygen atoms in total. The Morgan fingerprint density at radius 2 is 1.48 bits per heavy atom. The van der Waals surface area contributed by atoms with E-state index >= 15 is 0 Å². The van der Waals surface area contributed by atoms with Crippen molar-refractivity contribution in [1.82, 2.24) is 5.32 Å². The molecule has 0 aliphatic carbocycles. The highest BCUT2D eigenvalue weighted by molar-refractivity contribution is 7.91. The quantitative estimate of drug-likeness (QED) is 0.437. The monoisotopic (exact) mass is 436 g/mol. The molecule has 0 saturated carbocycles. The summed E-state index contributed by atoms with van der Waals surface area (Å²) in [5, 5.41) is 4.91. The van der Waals surface area contributed by atoms with Crippen LogP contribution in [0.5, 0.6) is 11.5 Å². The van der Waals surface area contributed by atoms with Gasteiger partial charge in [0.05, 0.1) is 11.5 Å². The number of anilines is 1. The van der Waals surface area contributed by atoms with E-state index in [1.54, 1.807) is 0 Å². The molecule has 2 aromatic rings. The first kappa shape index (κ1) is 20.8. The van der Waals surface area contributed by atoms with Crippen molar-refractivity contribution in [2.75, 3.05) is 16.8 Å². The fourth-order valence-corrected chi connectivity index (χ4v) is 4.33. The van der Waals surface area contributed by atoms with Gasteiger partial charge in [0.2, 0.25) is 34.8 Å². The molecular formula is C17H13F5N2O4S. The maximum atomic E-state index is 13.6. The van der Waals surface area contributed by atoms with Gasteiger partial charge in [-0.3, -0.25) is 0 Å². The molecule has 1 aliphatic rings. The predicted octanol–water partition coefficient (Wildman–Crippen LogP) is 3.48. The SMILES string of the molecule is O=C(Nc1ccc(Oc2c(F)c(F)c(F)c(F)c2F)cc1)N[C@@H]1CCS(=O)(=O)C1. The topological polar surface area (TPSA) is 84.5 Å². The predicted molar refractivity (Wildman–Crippen MR) is 92.0 cm³/mol. The van der Waals surface area contributed by atoms with Crippen LogP contribution in [0.1, 0.15) is 6.42 Å². The summed E-state index contributed by atoms with van der Waals surface area (Å²) in [5.41, 5.74) is 0.216. The number of rotatable bonds is 4. The first-order valence-corrected chi connectivity index (χ1v) is 9.97. The molecule has 3 rings (SSSR count). The summed E-state index contributed by atoms with van der Waals surface area (Å²) in [5.74, 6) is -12.7. The van der Waals surface area contributed by atoms with Crippen molar-refractivity contribution in [3.8, 4) is 11.5 Å². The highest BCUT2D eigenvalue weighted by atomic mass is 32.2. The molecule has 1 fully saturated rings. The molecule has 0 unspecified atom stereocenters. The smallest absolute Gasteiger partial charge is 0.319 e. The highest BCUT2D eigenvalue weighted by Gasteiger charge is 2.29. The zero-order chi connectivity index (χ0) is 21.3. The van der Waals surface area contributed by atoms with E-state index in [2.05, 4.69) is 10.6 Å². The first-order valence-electron chi connectivity index (χ1n) is 8.14. The molecule has 1 aliphatic heterocycles. The Labute approximate surface area is 161 Å². The van der Waals surface area contributed by atoms with Gasteiger partial charge in [0.25, 0.3) is 0 Å². The van der Waals surface area contributed by atoms with Crippen LogP contribution in [0.4, 0.5) is 32.4 Å². The number of sulfone groups is 1. The molecule has 1 atom stereocenters. The van der Waals surface area contributed by atoms with Gasteiger partial charge >= 0.3 is 6.03 Å².